The van der Waals surface area contributed by atoms with Gasteiger partial charge in [-0.1, -0.05) is 29.8 Å². The minimum atomic E-state index is 0.420. The maximum absolute atomic E-state index is 5.88. The van der Waals surface area contributed by atoms with Crippen molar-refractivity contribution in [3.05, 3.63) is 64.4 Å². The standard InChI is InChI=1S/C16H17ClN2/c17-14-6-3-12(4-7-14)9-11-18-15-8-5-13-2-1-10-19-16(13)15/h1-4,6-7,10,15,18H,5,8-9,11H2. The average Bonchev–Trinajstić information content (AvgIpc) is 2.85. The van der Waals surface area contributed by atoms with Crippen LogP contribution in [0.4, 0.5) is 0 Å². The highest BCUT2D eigenvalue weighted by Gasteiger charge is 2.22. The topological polar surface area (TPSA) is 24.9 Å². The number of nitrogens with zero attached hydrogens (tertiary/aromatic N) is 1. The van der Waals surface area contributed by atoms with Gasteiger partial charge >= 0.3 is 0 Å². The number of benzene rings is 1. The fraction of sp³-hybridized carbons (Fsp3) is 0.312. The summed E-state index contributed by atoms with van der Waals surface area (Å²) in [5, 5.41) is 4.40. The molecule has 1 aliphatic carbocycles. The molecule has 0 saturated heterocycles. The normalized spacial score (nSPS) is 17.4. The lowest BCUT2D eigenvalue weighted by Crippen LogP contribution is -2.22. The van der Waals surface area contributed by atoms with E-state index in [0.717, 1.165) is 30.8 Å². The summed E-state index contributed by atoms with van der Waals surface area (Å²) in [5.41, 5.74) is 3.95. The van der Waals surface area contributed by atoms with E-state index in [9.17, 15) is 0 Å². The summed E-state index contributed by atoms with van der Waals surface area (Å²) in [6.45, 7) is 0.975. The maximum Gasteiger partial charge on any atom is 0.0605 e. The van der Waals surface area contributed by atoms with Crippen LogP contribution in [0, 0.1) is 0 Å². The number of hydrogen-bond donors (Lipinski definition) is 1. The van der Waals surface area contributed by atoms with Crippen LogP contribution in [0.3, 0.4) is 0 Å². The molecule has 2 aromatic rings. The van der Waals surface area contributed by atoms with Crippen molar-refractivity contribution in [1.29, 1.82) is 0 Å². The molecule has 1 atom stereocenters. The highest BCUT2D eigenvalue weighted by molar-refractivity contribution is 6.30. The van der Waals surface area contributed by atoms with Gasteiger partial charge in [0.25, 0.3) is 0 Å². The fourth-order valence-corrected chi connectivity index (χ4v) is 2.78. The van der Waals surface area contributed by atoms with Crippen LogP contribution in [0.1, 0.15) is 29.3 Å². The Morgan fingerprint density at radius 3 is 2.89 bits per heavy atom. The number of pyridine rings is 1. The minimum absolute atomic E-state index is 0.420. The van der Waals surface area contributed by atoms with Crippen molar-refractivity contribution in [2.45, 2.75) is 25.3 Å². The van der Waals surface area contributed by atoms with Gasteiger partial charge in [0.1, 0.15) is 0 Å². The van der Waals surface area contributed by atoms with Crippen molar-refractivity contribution in [2.24, 2.45) is 0 Å². The summed E-state index contributed by atoms with van der Waals surface area (Å²) in [4.78, 5) is 4.50. The highest BCUT2D eigenvalue weighted by Crippen LogP contribution is 2.28. The van der Waals surface area contributed by atoms with E-state index in [1.807, 2.05) is 24.4 Å². The Hall–Kier alpha value is -1.38. The predicted molar refractivity (Wildman–Crippen MR) is 78.5 cm³/mol. The Morgan fingerprint density at radius 2 is 2.05 bits per heavy atom. The van der Waals surface area contributed by atoms with Crippen LogP contribution in [0.25, 0.3) is 0 Å². The van der Waals surface area contributed by atoms with Crippen LogP contribution in [0.15, 0.2) is 42.6 Å². The quantitative estimate of drug-likeness (QED) is 0.921. The Morgan fingerprint density at radius 1 is 1.21 bits per heavy atom. The summed E-state index contributed by atoms with van der Waals surface area (Å²) in [7, 11) is 0. The van der Waals surface area contributed by atoms with Gasteiger partial charge in [0.2, 0.25) is 0 Å². The maximum atomic E-state index is 5.88. The molecule has 0 saturated carbocycles. The average molecular weight is 273 g/mol. The van der Waals surface area contributed by atoms with Gasteiger partial charge < -0.3 is 5.32 Å². The highest BCUT2D eigenvalue weighted by atomic mass is 35.5. The van der Waals surface area contributed by atoms with E-state index in [2.05, 4.69) is 28.5 Å². The number of aryl methyl sites for hydroxylation is 1. The molecule has 0 fully saturated rings. The summed E-state index contributed by atoms with van der Waals surface area (Å²) in [6, 6.07) is 12.7. The third-order valence-electron chi connectivity index (χ3n) is 3.68. The first-order chi connectivity index (χ1) is 9.33. The van der Waals surface area contributed by atoms with Gasteiger partial charge in [-0.25, -0.2) is 0 Å². The van der Waals surface area contributed by atoms with Crippen molar-refractivity contribution in [3.8, 4) is 0 Å². The Kier molecular flexibility index (Phi) is 3.81. The molecule has 3 rings (SSSR count). The van der Waals surface area contributed by atoms with Crippen molar-refractivity contribution in [3.63, 3.8) is 0 Å². The zero-order valence-electron chi connectivity index (χ0n) is 10.8. The summed E-state index contributed by atoms with van der Waals surface area (Å²) < 4.78 is 0. The van der Waals surface area contributed by atoms with Crippen molar-refractivity contribution >= 4 is 11.6 Å². The number of hydrogen-bond acceptors (Lipinski definition) is 2. The van der Waals surface area contributed by atoms with E-state index in [1.165, 1.54) is 16.8 Å². The second kappa shape index (κ2) is 5.72. The lowest BCUT2D eigenvalue weighted by atomic mass is 10.1. The molecule has 0 bridgehead atoms. The largest absolute Gasteiger partial charge is 0.308 e. The van der Waals surface area contributed by atoms with E-state index in [4.69, 9.17) is 11.6 Å². The Bertz CT molecular complexity index is 551. The van der Waals surface area contributed by atoms with Crippen molar-refractivity contribution in [2.75, 3.05) is 6.54 Å². The van der Waals surface area contributed by atoms with Gasteiger partial charge in [0, 0.05) is 11.2 Å². The number of aromatic nitrogens is 1. The monoisotopic (exact) mass is 272 g/mol. The number of fused-ring (bicyclic) bond motifs is 1. The van der Waals surface area contributed by atoms with Gasteiger partial charge in [-0.3, -0.25) is 4.98 Å². The first-order valence-electron chi connectivity index (χ1n) is 6.74. The first kappa shape index (κ1) is 12.6. The van der Waals surface area contributed by atoms with E-state index in [0.29, 0.717) is 6.04 Å². The third kappa shape index (κ3) is 2.96. The Labute approximate surface area is 118 Å². The molecule has 2 nitrogen and oxygen atoms in total. The Balaban J connectivity index is 1.55. The predicted octanol–water partition coefficient (Wildman–Crippen LogP) is 3.55. The molecule has 98 valence electrons. The van der Waals surface area contributed by atoms with Crippen LogP contribution >= 0.6 is 11.6 Å². The molecule has 0 radical (unpaired) electrons. The zero-order valence-corrected chi connectivity index (χ0v) is 11.5. The molecule has 1 aromatic heterocycles. The molecule has 3 heteroatoms. The third-order valence-corrected chi connectivity index (χ3v) is 3.93. The fourth-order valence-electron chi connectivity index (χ4n) is 2.65. The number of halogens is 1. The second-order valence-electron chi connectivity index (χ2n) is 4.97. The van der Waals surface area contributed by atoms with Crippen LogP contribution in [-0.2, 0) is 12.8 Å². The molecular weight excluding hydrogens is 256 g/mol. The van der Waals surface area contributed by atoms with Gasteiger partial charge in [-0.15, -0.1) is 0 Å². The van der Waals surface area contributed by atoms with Gasteiger partial charge in [-0.2, -0.15) is 0 Å². The smallest absolute Gasteiger partial charge is 0.0605 e. The first-order valence-corrected chi connectivity index (χ1v) is 7.12. The number of rotatable bonds is 4. The minimum Gasteiger partial charge on any atom is -0.308 e. The van der Waals surface area contributed by atoms with E-state index >= 15 is 0 Å². The SMILES string of the molecule is Clc1ccc(CCNC2CCc3cccnc32)cc1. The molecule has 1 N–H and O–H groups in total. The van der Waals surface area contributed by atoms with Crippen LogP contribution < -0.4 is 5.32 Å². The summed E-state index contributed by atoms with van der Waals surface area (Å²) >= 11 is 5.88. The van der Waals surface area contributed by atoms with E-state index < -0.39 is 0 Å². The summed E-state index contributed by atoms with van der Waals surface area (Å²) in [5.74, 6) is 0. The zero-order chi connectivity index (χ0) is 13.1. The molecule has 19 heavy (non-hydrogen) atoms. The lowest BCUT2D eigenvalue weighted by Gasteiger charge is -2.13. The lowest BCUT2D eigenvalue weighted by molar-refractivity contribution is 0.525. The van der Waals surface area contributed by atoms with Gasteiger partial charge in [0.15, 0.2) is 0 Å². The second-order valence-corrected chi connectivity index (χ2v) is 5.41. The molecule has 1 heterocycles. The molecule has 0 aliphatic heterocycles. The van der Waals surface area contributed by atoms with E-state index in [-0.39, 0.29) is 0 Å². The van der Waals surface area contributed by atoms with Crippen molar-refractivity contribution < 1.29 is 0 Å². The molecule has 1 aliphatic rings. The van der Waals surface area contributed by atoms with Crippen molar-refractivity contribution in [1.82, 2.24) is 10.3 Å². The van der Waals surface area contributed by atoms with Crippen LogP contribution in [-0.4, -0.2) is 11.5 Å². The van der Waals surface area contributed by atoms with Crippen LogP contribution in [0.2, 0.25) is 5.02 Å². The molecule has 1 unspecified atom stereocenters. The molecule has 0 amide bonds. The van der Waals surface area contributed by atoms with Gasteiger partial charge in [0.05, 0.1) is 11.7 Å². The van der Waals surface area contributed by atoms with E-state index in [1.54, 1.807) is 0 Å². The van der Waals surface area contributed by atoms with Crippen LogP contribution in [0.5, 0.6) is 0 Å². The molecular formula is C16H17ClN2. The molecule has 1 aromatic carbocycles. The van der Waals surface area contributed by atoms with Gasteiger partial charge in [-0.05, 0) is 55.1 Å². The molecule has 0 spiro atoms. The summed E-state index contributed by atoms with van der Waals surface area (Å²) in [6.07, 6.45) is 5.21. The number of nitrogens with one attached hydrogen (secondary N) is 1.